The van der Waals surface area contributed by atoms with Crippen molar-refractivity contribution in [3.63, 3.8) is 0 Å². The summed E-state index contributed by atoms with van der Waals surface area (Å²) in [5.41, 5.74) is 1.78. The SMILES string of the molecule is COc1cccc(Cc2nc(C(OC(C)=O)[C@@H](NC(=O)OCc3ccccc3)C(C)C)no2)c1. The molecule has 2 atom stereocenters. The molecule has 1 N–H and O–H groups in total. The predicted octanol–water partition coefficient (Wildman–Crippen LogP) is 4.22. The van der Waals surface area contributed by atoms with Crippen molar-refractivity contribution in [3.05, 3.63) is 77.4 Å². The Morgan fingerprint density at radius 2 is 1.79 bits per heavy atom. The lowest BCUT2D eigenvalue weighted by atomic mass is 9.98. The molecule has 0 radical (unpaired) electrons. The lowest BCUT2D eigenvalue weighted by Crippen LogP contribution is -2.44. The Morgan fingerprint density at radius 1 is 1.06 bits per heavy atom. The van der Waals surface area contributed by atoms with Gasteiger partial charge in [0, 0.05) is 6.92 Å². The second-order valence-electron chi connectivity index (χ2n) is 8.08. The normalized spacial score (nSPS) is 12.6. The van der Waals surface area contributed by atoms with Crippen molar-refractivity contribution >= 4 is 12.1 Å². The smallest absolute Gasteiger partial charge is 0.407 e. The Morgan fingerprint density at radius 3 is 2.47 bits per heavy atom. The molecule has 34 heavy (non-hydrogen) atoms. The number of nitrogens with zero attached hydrogens (tertiary/aromatic N) is 2. The van der Waals surface area contributed by atoms with Gasteiger partial charge in [-0.2, -0.15) is 4.98 Å². The predicted molar refractivity (Wildman–Crippen MR) is 123 cm³/mol. The molecule has 1 aromatic heterocycles. The summed E-state index contributed by atoms with van der Waals surface area (Å²) in [6.07, 6.45) is -1.22. The zero-order valence-electron chi connectivity index (χ0n) is 19.7. The summed E-state index contributed by atoms with van der Waals surface area (Å²) < 4.78 is 21.5. The molecular weight excluding hydrogens is 438 g/mol. The second-order valence-corrected chi connectivity index (χ2v) is 8.08. The third kappa shape index (κ3) is 7.06. The molecule has 0 aliphatic rings. The number of benzene rings is 2. The van der Waals surface area contributed by atoms with Gasteiger partial charge in [0.25, 0.3) is 0 Å². The van der Waals surface area contributed by atoms with Crippen molar-refractivity contribution in [3.8, 4) is 5.75 Å². The molecule has 1 unspecified atom stereocenters. The number of rotatable bonds is 10. The Hall–Kier alpha value is -3.88. The largest absolute Gasteiger partial charge is 0.497 e. The molecule has 0 aliphatic carbocycles. The van der Waals surface area contributed by atoms with Crippen molar-refractivity contribution in [1.82, 2.24) is 15.5 Å². The van der Waals surface area contributed by atoms with E-state index in [0.29, 0.717) is 18.1 Å². The van der Waals surface area contributed by atoms with Crippen LogP contribution in [0.3, 0.4) is 0 Å². The summed E-state index contributed by atoms with van der Waals surface area (Å²) in [6, 6.07) is 16.2. The van der Waals surface area contributed by atoms with E-state index in [4.69, 9.17) is 18.7 Å². The molecule has 0 fully saturated rings. The summed E-state index contributed by atoms with van der Waals surface area (Å²) in [5.74, 6) is 0.557. The van der Waals surface area contributed by atoms with Crippen molar-refractivity contribution in [2.75, 3.05) is 7.11 Å². The first-order valence-corrected chi connectivity index (χ1v) is 11.0. The minimum absolute atomic E-state index is 0.114. The number of hydrogen-bond donors (Lipinski definition) is 1. The quantitative estimate of drug-likeness (QED) is 0.441. The van der Waals surface area contributed by atoms with E-state index in [1.807, 2.05) is 68.4 Å². The Labute approximate surface area is 198 Å². The molecule has 9 nitrogen and oxygen atoms in total. The number of nitrogens with one attached hydrogen (secondary N) is 1. The monoisotopic (exact) mass is 467 g/mol. The summed E-state index contributed by atoms with van der Waals surface area (Å²) in [5, 5.41) is 6.81. The summed E-state index contributed by atoms with van der Waals surface area (Å²) in [4.78, 5) is 28.8. The molecule has 0 aliphatic heterocycles. The van der Waals surface area contributed by atoms with Crippen LogP contribution in [0, 0.1) is 5.92 Å². The van der Waals surface area contributed by atoms with Crippen molar-refractivity contribution in [2.24, 2.45) is 5.92 Å². The van der Waals surface area contributed by atoms with Crippen LogP contribution in [0.2, 0.25) is 0 Å². The van der Waals surface area contributed by atoms with Gasteiger partial charge in [0.05, 0.1) is 19.6 Å². The molecule has 3 rings (SSSR count). The molecule has 0 saturated heterocycles. The molecule has 0 bridgehead atoms. The number of ether oxygens (including phenoxy) is 3. The summed E-state index contributed by atoms with van der Waals surface area (Å²) in [7, 11) is 1.59. The standard InChI is InChI=1S/C25H29N3O6/c1-16(2)22(27-25(30)32-15-18-9-6-5-7-10-18)23(33-17(3)29)24-26-21(34-28-24)14-19-11-8-12-20(13-19)31-4/h5-13,16,22-23H,14-15H2,1-4H3,(H,27,30)/t22-,23?/m0/s1. The Kier molecular flexibility index (Phi) is 8.61. The molecule has 180 valence electrons. The molecule has 1 amide bonds. The second kappa shape index (κ2) is 11.8. The third-order valence-corrected chi connectivity index (χ3v) is 5.06. The van der Waals surface area contributed by atoms with Gasteiger partial charge in [-0.25, -0.2) is 4.79 Å². The number of esters is 1. The number of carbonyl (C=O) groups is 2. The van der Waals surface area contributed by atoms with E-state index in [2.05, 4.69) is 15.5 Å². The van der Waals surface area contributed by atoms with Crippen LogP contribution in [0.1, 0.15) is 49.7 Å². The van der Waals surface area contributed by atoms with Crippen LogP contribution in [0.15, 0.2) is 59.1 Å². The number of carbonyl (C=O) groups excluding carboxylic acids is 2. The maximum Gasteiger partial charge on any atom is 0.407 e. The first kappa shape index (κ1) is 24.8. The van der Waals surface area contributed by atoms with Crippen LogP contribution in [-0.4, -0.2) is 35.4 Å². The topological polar surface area (TPSA) is 113 Å². The number of methoxy groups -OCH3 is 1. The Bertz CT molecular complexity index is 1080. The van der Waals surface area contributed by atoms with Crippen LogP contribution in [0.25, 0.3) is 0 Å². The van der Waals surface area contributed by atoms with E-state index in [1.165, 1.54) is 6.92 Å². The fourth-order valence-corrected chi connectivity index (χ4v) is 3.37. The first-order valence-electron chi connectivity index (χ1n) is 11.0. The van der Waals surface area contributed by atoms with Gasteiger partial charge in [-0.3, -0.25) is 4.79 Å². The van der Waals surface area contributed by atoms with E-state index < -0.39 is 24.2 Å². The minimum Gasteiger partial charge on any atom is -0.497 e. The van der Waals surface area contributed by atoms with Crippen molar-refractivity contribution < 1.29 is 28.3 Å². The van der Waals surface area contributed by atoms with Gasteiger partial charge in [-0.15, -0.1) is 0 Å². The highest BCUT2D eigenvalue weighted by Gasteiger charge is 2.34. The van der Waals surface area contributed by atoms with E-state index in [9.17, 15) is 9.59 Å². The van der Waals surface area contributed by atoms with Crippen LogP contribution in [-0.2, 0) is 27.3 Å². The van der Waals surface area contributed by atoms with Gasteiger partial charge in [0.2, 0.25) is 11.7 Å². The van der Waals surface area contributed by atoms with E-state index in [0.717, 1.165) is 11.1 Å². The molecule has 1 heterocycles. The van der Waals surface area contributed by atoms with Crippen LogP contribution in [0.5, 0.6) is 5.75 Å². The molecule has 0 spiro atoms. The molecular formula is C25H29N3O6. The van der Waals surface area contributed by atoms with Crippen molar-refractivity contribution in [1.29, 1.82) is 0 Å². The molecule has 9 heteroatoms. The van der Waals surface area contributed by atoms with E-state index >= 15 is 0 Å². The van der Waals surface area contributed by atoms with Gasteiger partial charge in [-0.05, 0) is 29.2 Å². The Balaban J connectivity index is 1.74. The van der Waals surface area contributed by atoms with Gasteiger partial charge >= 0.3 is 12.1 Å². The fraction of sp³-hybridized carbons (Fsp3) is 0.360. The average molecular weight is 468 g/mol. The van der Waals surface area contributed by atoms with Crippen LogP contribution >= 0.6 is 0 Å². The lowest BCUT2D eigenvalue weighted by molar-refractivity contribution is -0.149. The average Bonchev–Trinajstić information content (AvgIpc) is 3.28. The number of aromatic nitrogens is 2. The number of alkyl carbamates (subject to hydrolysis) is 1. The zero-order chi connectivity index (χ0) is 24.5. The lowest BCUT2D eigenvalue weighted by Gasteiger charge is -2.28. The van der Waals surface area contributed by atoms with Gasteiger partial charge in [0.1, 0.15) is 12.4 Å². The summed E-state index contributed by atoms with van der Waals surface area (Å²) >= 11 is 0. The summed E-state index contributed by atoms with van der Waals surface area (Å²) in [6.45, 7) is 5.17. The van der Waals surface area contributed by atoms with E-state index in [-0.39, 0.29) is 18.3 Å². The molecule has 0 saturated carbocycles. The number of amides is 1. The highest BCUT2D eigenvalue weighted by molar-refractivity contribution is 5.68. The van der Waals surface area contributed by atoms with Gasteiger partial charge in [0.15, 0.2) is 6.10 Å². The van der Waals surface area contributed by atoms with Crippen molar-refractivity contribution in [2.45, 2.75) is 45.9 Å². The van der Waals surface area contributed by atoms with Gasteiger partial charge in [-0.1, -0.05) is 61.5 Å². The highest BCUT2D eigenvalue weighted by atomic mass is 16.6. The minimum atomic E-state index is -0.954. The number of hydrogen-bond acceptors (Lipinski definition) is 8. The zero-order valence-corrected chi connectivity index (χ0v) is 19.7. The van der Waals surface area contributed by atoms with E-state index in [1.54, 1.807) is 7.11 Å². The molecule has 2 aromatic carbocycles. The maximum absolute atomic E-state index is 12.5. The third-order valence-electron chi connectivity index (χ3n) is 5.06. The highest BCUT2D eigenvalue weighted by Crippen LogP contribution is 2.25. The van der Waals surface area contributed by atoms with Crippen LogP contribution < -0.4 is 10.1 Å². The fourth-order valence-electron chi connectivity index (χ4n) is 3.37. The first-order chi connectivity index (χ1) is 16.4. The van der Waals surface area contributed by atoms with Crippen LogP contribution in [0.4, 0.5) is 4.79 Å². The molecule has 3 aromatic rings. The van der Waals surface area contributed by atoms with Gasteiger partial charge < -0.3 is 24.1 Å². The maximum atomic E-state index is 12.5.